The first-order chi connectivity index (χ1) is 14.5. The predicted octanol–water partition coefficient (Wildman–Crippen LogP) is 5.54. The van der Waals surface area contributed by atoms with Crippen molar-refractivity contribution in [3.05, 3.63) is 102 Å². The van der Waals surface area contributed by atoms with E-state index in [4.69, 9.17) is 4.98 Å². The topological polar surface area (TPSA) is 53.4 Å². The number of para-hydroxylation sites is 1. The van der Waals surface area contributed by atoms with E-state index in [2.05, 4.69) is 25.1 Å². The van der Waals surface area contributed by atoms with E-state index in [-0.39, 0.29) is 26.0 Å². The maximum Gasteiger partial charge on any atom is 0.0605 e. The van der Waals surface area contributed by atoms with E-state index >= 15 is 0 Å². The van der Waals surface area contributed by atoms with Gasteiger partial charge in [-0.15, -0.1) is 35.9 Å². The van der Waals surface area contributed by atoms with E-state index in [1.165, 1.54) is 10.9 Å². The quantitative estimate of drug-likeness (QED) is 0.307. The summed E-state index contributed by atoms with van der Waals surface area (Å²) >= 11 is 0. The molecule has 3 aromatic carbocycles. The fourth-order valence-corrected chi connectivity index (χ4v) is 3.67. The summed E-state index contributed by atoms with van der Waals surface area (Å²) in [6, 6.07) is 31.1. The zero-order chi connectivity index (χ0) is 21.5. The van der Waals surface area contributed by atoms with Gasteiger partial charge in [0, 0.05) is 26.0 Å². The van der Waals surface area contributed by atoms with Gasteiger partial charge in [0.2, 0.25) is 0 Å². The molecule has 4 aromatic rings. The minimum absolute atomic E-state index is 0. The Bertz CT molecular complexity index is 1060. The molecular formula is C27H28IrNO2-. The summed E-state index contributed by atoms with van der Waals surface area (Å²) in [5, 5.41) is 20.1. The van der Waals surface area contributed by atoms with Crippen LogP contribution in [0.25, 0.3) is 22.2 Å². The number of aryl methyl sites for hydroxylation is 1. The van der Waals surface area contributed by atoms with Crippen LogP contribution < -0.4 is 0 Å². The standard InChI is InChI=1S/C16H12N.C11H16O2.Ir/c1-12-11-14-9-5-6-10-15(14)17-16(12)13-7-3-2-4-8-13;1-8(12)11(9(2)13)10-6-4-3-5-7-10;/h2-7,9-11H,1H3;3-9,11-13H,1-2H3;/q-1;;. The van der Waals surface area contributed by atoms with Crippen molar-refractivity contribution in [2.24, 2.45) is 0 Å². The first-order valence-electron chi connectivity index (χ1n) is 10.2. The molecule has 4 rings (SSSR count). The van der Waals surface area contributed by atoms with Crippen LogP contribution in [0, 0.1) is 13.0 Å². The Hall–Kier alpha value is -2.36. The van der Waals surface area contributed by atoms with Gasteiger partial charge in [-0.3, -0.25) is 4.98 Å². The Balaban J connectivity index is 0.000000222. The summed E-state index contributed by atoms with van der Waals surface area (Å²) < 4.78 is 0. The van der Waals surface area contributed by atoms with Crippen molar-refractivity contribution in [2.75, 3.05) is 0 Å². The third kappa shape index (κ3) is 6.56. The molecule has 0 spiro atoms. The van der Waals surface area contributed by atoms with Crippen LogP contribution in [0.4, 0.5) is 0 Å². The predicted molar refractivity (Wildman–Crippen MR) is 123 cm³/mol. The minimum Gasteiger partial charge on any atom is -0.393 e. The Morgan fingerprint density at radius 1 is 0.806 bits per heavy atom. The van der Waals surface area contributed by atoms with Gasteiger partial charge in [0.25, 0.3) is 0 Å². The normalized spacial score (nSPS) is 13.3. The largest absolute Gasteiger partial charge is 0.393 e. The summed E-state index contributed by atoms with van der Waals surface area (Å²) in [5.41, 5.74) is 5.27. The van der Waals surface area contributed by atoms with Gasteiger partial charge in [-0.25, -0.2) is 0 Å². The van der Waals surface area contributed by atoms with Gasteiger partial charge in [-0.2, -0.15) is 0 Å². The van der Waals surface area contributed by atoms with Gasteiger partial charge in [-0.1, -0.05) is 60.2 Å². The molecule has 0 fully saturated rings. The molecule has 163 valence electrons. The third-order valence-corrected chi connectivity index (χ3v) is 5.10. The first-order valence-corrected chi connectivity index (χ1v) is 10.2. The maximum atomic E-state index is 9.48. The number of rotatable bonds is 4. The Kier molecular flexibility index (Phi) is 9.54. The van der Waals surface area contributed by atoms with Crippen LogP contribution >= 0.6 is 0 Å². The summed E-state index contributed by atoms with van der Waals surface area (Å²) in [6.07, 6.45) is -1.05. The molecule has 1 heterocycles. The Morgan fingerprint density at radius 3 is 2.03 bits per heavy atom. The van der Waals surface area contributed by atoms with Crippen molar-refractivity contribution in [3.63, 3.8) is 0 Å². The fourth-order valence-electron chi connectivity index (χ4n) is 3.67. The van der Waals surface area contributed by atoms with E-state index in [0.717, 1.165) is 22.3 Å². The molecule has 4 heteroatoms. The third-order valence-electron chi connectivity index (χ3n) is 5.10. The number of aliphatic hydroxyl groups excluding tert-OH is 2. The average molecular weight is 591 g/mol. The molecule has 31 heavy (non-hydrogen) atoms. The van der Waals surface area contributed by atoms with Crippen molar-refractivity contribution in [1.82, 2.24) is 4.98 Å². The van der Waals surface area contributed by atoms with Gasteiger partial charge >= 0.3 is 0 Å². The number of nitrogens with zero attached hydrogens (tertiary/aromatic N) is 1. The second-order valence-electron chi connectivity index (χ2n) is 7.54. The van der Waals surface area contributed by atoms with Crippen molar-refractivity contribution in [2.45, 2.75) is 38.9 Å². The van der Waals surface area contributed by atoms with Crippen LogP contribution in [0.1, 0.15) is 30.9 Å². The van der Waals surface area contributed by atoms with Crippen LogP contribution in [0.2, 0.25) is 0 Å². The first kappa shape index (κ1) is 24.9. The van der Waals surface area contributed by atoms with E-state index in [1.807, 2.05) is 72.8 Å². The monoisotopic (exact) mass is 591 g/mol. The molecule has 1 aromatic heterocycles. The zero-order valence-electron chi connectivity index (χ0n) is 18.0. The summed E-state index contributed by atoms with van der Waals surface area (Å²) in [6.45, 7) is 5.49. The zero-order valence-corrected chi connectivity index (χ0v) is 20.4. The van der Waals surface area contributed by atoms with E-state index in [9.17, 15) is 10.2 Å². The molecule has 0 saturated heterocycles. The van der Waals surface area contributed by atoms with Crippen molar-refractivity contribution >= 4 is 10.9 Å². The summed E-state index contributed by atoms with van der Waals surface area (Å²) in [4.78, 5) is 4.71. The number of hydrogen-bond acceptors (Lipinski definition) is 3. The molecule has 2 atom stereocenters. The van der Waals surface area contributed by atoms with E-state index in [1.54, 1.807) is 13.8 Å². The molecule has 0 amide bonds. The second kappa shape index (κ2) is 11.9. The van der Waals surface area contributed by atoms with Gasteiger partial charge in [-0.05, 0) is 43.5 Å². The molecular weight excluding hydrogens is 563 g/mol. The van der Waals surface area contributed by atoms with Crippen LogP contribution in [0.3, 0.4) is 0 Å². The smallest absolute Gasteiger partial charge is 0.0605 e. The van der Waals surface area contributed by atoms with Gasteiger partial charge in [0.1, 0.15) is 0 Å². The van der Waals surface area contributed by atoms with E-state index < -0.39 is 12.2 Å². The van der Waals surface area contributed by atoms with Crippen LogP contribution in [0.5, 0.6) is 0 Å². The number of aromatic nitrogens is 1. The molecule has 0 aliphatic heterocycles. The Morgan fingerprint density at radius 2 is 1.42 bits per heavy atom. The molecule has 0 aliphatic carbocycles. The molecule has 0 saturated carbocycles. The molecule has 0 bridgehead atoms. The molecule has 3 nitrogen and oxygen atoms in total. The van der Waals surface area contributed by atoms with E-state index in [0.29, 0.717) is 0 Å². The van der Waals surface area contributed by atoms with Crippen LogP contribution in [0.15, 0.2) is 84.9 Å². The summed E-state index contributed by atoms with van der Waals surface area (Å²) in [7, 11) is 0. The van der Waals surface area contributed by atoms with Crippen LogP contribution in [-0.2, 0) is 20.1 Å². The van der Waals surface area contributed by atoms with Gasteiger partial charge in [0.15, 0.2) is 0 Å². The number of pyridine rings is 1. The van der Waals surface area contributed by atoms with Gasteiger partial charge < -0.3 is 10.2 Å². The average Bonchev–Trinajstić information content (AvgIpc) is 2.74. The van der Waals surface area contributed by atoms with Crippen molar-refractivity contribution < 1.29 is 30.3 Å². The van der Waals surface area contributed by atoms with Crippen LogP contribution in [-0.4, -0.2) is 27.4 Å². The second-order valence-corrected chi connectivity index (χ2v) is 7.54. The molecule has 2 unspecified atom stereocenters. The molecule has 1 radical (unpaired) electrons. The van der Waals surface area contributed by atoms with Crippen molar-refractivity contribution in [1.29, 1.82) is 0 Å². The number of aliphatic hydroxyl groups is 2. The fraction of sp³-hybridized carbons (Fsp3) is 0.222. The Labute approximate surface area is 198 Å². The number of benzene rings is 3. The minimum atomic E-state index is -0.526. The molecule has 2 N–H and O–H groups in total. The molecule has 0 aliphatic rings. The summed E-state index contributed by atoms with van der Waals surface area (Å²) in [5.74, 6) is -0.193. The van der Waals surface area contributed by atoms with Crippen molar-refractivity contribution in [3.8, 4) is 11.3 Å². The SMILES string of the molecule is CC(O)C(c1ccccc1)C(C)O.Cc1cc2ccccc2nc1-c1[c-]cccc1.[Ir]. The number of hydrogen-bond donors (Lipinski definition) is 2. The number of fused-ring (bicyclic) bond motifs is 1. The maximum absolute atomic E-state index is 9.48. The van der Waals surface area contributed by atoms with Gasteiger partial charge in [0.05, 0.1) is 17.7 Å².